The fourth-order valence-corrected chi connectivity index (χ4v) is 4.18. The van der Waals surface area contributed by atoms with Crippen molar-refractivity contribution >= 4 is 11.7 Å². The van der Waals surface area contributed by atoms with E-state index in [1.165, 1.54) is 12.1 Å². The number of carbonyl (C=O) groups excluding carboxylic acids is 2. The van der Waals surface area contributed by atoms with E-state index >= 15 is 0 Å². The number of amides is 1. The molecule has 0 N–H and O–H groups in total. The van der Waals surface area contributed by atoms with Crippen LogP contribution in [0.25, 0.3) is 0 Å². The van der Waals surface area contributed by atoms with Crippen LogP contribution < -0.4 is 0 Å². The lowest BCUT2D eigenvalue weighted by molar-refractivity contribution is -0.137. The molecule has 27 heavy (non-hydrogen) atoms. The number of halogens is 3. The van der Waals surface area contributed by atoms with E-state index in [4.69, 9.17) is 0 Å². The number of carbonyl (C=O) groups is 2. The number of piperidine rings is 2. The van der Waals surface area contributed by atoms with Gasteiger partial charge < -0.3 is 4.90 Å². The Labute approximate surface area is 157 Å². The predicted octanol–water partition coefficient (Wildman–Crippen LogP) is 3.61. The summed E-state index contributed by atoms with van der Waals surface area (Å²) in [5.74, 6) is -0.385. The second kappa shape index (κ2) is 8.00. The molecular weight excluding hydrogens is 357 g/mol. The Morgan fingerprint density at radius 3 is 2.41 bits per heavy atom. The number of ketones is 1. The maximum absolute atomic E-state index is 12.9. The summed E-state index contributed by atoms with van der Waals surface area (Å²) in [5.41, 5.74) is -0.638. The summed E-state index contributed by atoms with van der Waals surface area (Å²) in [6, 6.07) is 5.06. The quantitative estimate of drug-likeness (QED) is 0.750. The van der Waals surface area contributed by atoms with E-state index in [1.807, 2.05) is 4.90 Å². The third-order valence-electron chi connectivity index (χ3n) is 5.72. The first-order valence-electron chi connectivity index (χ1n) is 9.46. The second-order valence-corrected chi connectivity index (χ2v) is 7.51. The van der Waals surface area contributed by atoms with Gasteiger partial charge in [0.25, 0.3) is 0 Å². The first kappa shape index (κ1) is 19.9. The number of Topliss-reactive ketones (excluding diaryl/α,β-unsaturated/α-hetero) is 1. The molecule has 1 amide bonds. The average molecular weight is 382 g/mol. The fraction of sp³-hybridized carbons (Fsp3) is 0.600. The third-order valence-corrected chi connectivity index (χ3v) is 5.72. The van der Waals surface area contributed by atoms with E-state index in [0.29, 0.717) is 19.0 Å². The van der Waals surface area contributed by atoms with Gasteiger partial charge in [0.05, 0.1) is 5.56 Å². The van der Waals surface area contributed by atoms with Crippen LogP contribution in [0.2, 0.25) is 0 Å². The minimum absolute atomic E-state index is 0.0877. The average Bonchev–Trinajstić information content (AvgIpc) is 2.67. The number of hydrogen-bond donors (Lipinski definition) is 0. The molecule has 148 valence electrons. The second-order valence-electron chi connectivity index (χ2n) is 7.51. The Hall–Kier alpha value is -1.89. The molecule has 2 fully saturated rings. The summed E-state index contributed by atoms with van der Waals surface area (Å²) in [6.07, 6.45) is -1.12. The Morgan fingerprint density at radius 1 is 1.07 bits per heavy atom. The molecule has 2 aliphatic rings. The van der Waals surface area contributed by atoms with Gasteiger partial charge in [0.15, 0.2) is 5.78 Å². The zero-order valence-corrected chi connectivity index (χ0v) is 15.5. The summed E-state index contributed by atoms with van der Waals surface area (Å²) >= 11 is 0. The van der Waals surface area contributed by atoms with E-state index in [0.717, 1.165) is 51.0 Å². The molecule has 3 rings (SSSR count). The number of likely N-dealkylation sites (tertiary alicyclic amines) is 2. The van der Waals surface area contributed by atoms with Crippen molar-refractivity contribution in [1.29, 1.82) is 0 Å². The van der Waals surface area contributed by atoms with Crippen LogP contribution in [0.3, 0.4) is 0 Å². The molecular formula is C20H25F3N2O2. The standard InChI is InChI=1S/C20H25F3N2O2/c1-14(26)24-10-7-18(8-11-24)25-9-3-5-16(13-25)19(27)15-4-2-6-17(12-15)20(21,22)23/h2,4,6,12,16,18H,3,5,7-11,13H2,1H3/t16-/m1/s1. The van der Waals surface area contributed by atoms with Crippen LogP contribution in [0.5, 0.6) is 0 Å². The first-order chi connectivity index (χ1) is 12.8. The molecule has 0 unspecified atom stereocenters. The molecule has 1 atom stereocenters. The SMILES string of the molecule is CC(=O)N1CCC(N2CCC[C@@H](C(=O)c3cccc(C(F)(F)F)c3)C2)CC1. The van der Waals surface area contributed by atoms with Crippen LogP contribution in [-0.4, -0.2) is 53.7 Å². The normalized spacial score (nSPS) is 22.7. The van der Waals surface area contributed by atoms with Gasteiger partial charge in [-0.15, -0.1) is 0 Å². The summed E-state index contributed by atoms with van der Waals surface area (Å²) in [6.45, 7) is 4.51. The van der Waals surface area contributed by atoms with Crippen molar-refractivity contribution in [1.82, 2.24) is 9.80 Å². The van der Waals surface area contributed by atoms with Gasteiger partial charge in [0.1, 0.15) is 0 Å². The molecule has 4 nitrogen and oxygen atoms in total. The highest BCUT2D eigenvalue weighted by Gasteiger charge is 2.34. The molecule has 2 aliphatic heterocycles. The van der Waals surface area contributed by atoms with Crippen LogP contribution in [0.1, 0.15) is 48.5 Å². The number of nitrogens with zero attached hydrogens (tertiary/aromatic N) is 2. The molecule has 0 aliphatic carbocycles. The van der Waals surface area contributed by atoms with Crippen LogP contribution in [-0.2, 0) is 11.0 Å². The van der Waals surface area contributed by atoms with Crippen molar-refractivity contribution < 1.29 is 22.8 Å². The van der Waals surface area contributed by atoms with E-state index in [2.05, 4.69) is 4.90 Å². The van der Waals surface area contributed by atoms with Gasteiger partial charge in [-0.05, 0) is 44.4 Å². The van der Waals surface area contributed by atoms with Crippen LogP contribution in [0.15, 0.2) is 24.3 Å². The van der Waals surface area contributed by atoms with Crippen molar-refractivity contribution in [3.8, 4) is 0 Å². The van der Waals surface area contributed by atoms with E-state index in [-0.39, 0.29) is 23.2 Å². The summed E-state index contributed by atoms with van der Waals surface area (Å²) < 4.78 is 38.8. The summed E-state index contributed by atoms with van der Waals surface area (Å²) in [4.78, 5) is 28.4. The Balaban J connectivity index is 1.64. The Kier molecular flexibility index (Phi) is 5.89. The van der Waals surface area contributed by atoms with Gasteiger partial charge in [0.2, 0.25) is 5.91 Å². The molecule has 0 aromatic heterocycles. The van der Waals surface area contributed by atoms with Crippen LogP contribution in [0, 0.1) is 5.92 Å². The van der Waals surface area contributed by atoms with Gasteiger partial charge >= 0.3 is 6.18 Å². The lowest BCUT2D eigenvalue weighted by Crippen LogP contribution is -2.50. The Morgan fingerprint density at radius 2 is 1.78 bits per heavy atom. The third kappa shape index (κ3) is 4.69. The zero-order chi connectivity index (χ0) is 19.6. The summed E-state index contributed by atoms with van der Waals surface area (Å²) in [5, 5.41) is 0. The molecule has 1 aromatic carbocycles. The topological polar surface area (TPSA) is 40.6 Å². The van der Waals surface area contributed by atoms with Gasteiger partial charge in [-0.3, -0.25) is 14.5 Å². The minimum Gasteiger partial charge on any atom is -0.343 e. The molecule has 1 aromatic rings. The van der Waals surface area contributed by atoms with Crippen molar-refractivity contribution in [2.75, 3.05) is 26.2 Å². The van der Waals surface area contributed by atoms with E-state index in [9.17, 15) is 22.8 Å². The monoisotopic (exact) mass is 382 g/mol. The van der Waals surface area contributed by atoms with Gasteiger partial charge in [-0.2, -0.15) is 13.2 Å². The maximum Gasteiger partial charge on any atom is 0.416 e. The maximum atomic E-state index is 12.9. The number of benzene rings is 1. The fourth-order valence-electron chi connectivity index (χ4n) is 4.18. The van der Waals surface area contributed by atoms with Crippen LogP contribution >= 0.6 is 0 Å². The van der Waals surface area contributed by atoms with Crippen LogP contribution in [0.4, 0.5) is 13.2 Å². The number of hydrogen-bond acceptors (Lipinski definition) is 3. The van der Waals surface area contributed by atoms with Crippen molar-refractivity contribution in [2.45, 2.75) is 44.8 Å². The molecule has 0 saturated carbocycles. The number of rotatable bonds is 3. The van der Waals surface area contributed by atoms with E-state index in [1.54, 1.807) is 6.92 Å². The molecule has 7 heteroatoms. The zero-order valence-electron chi connectivity index (χ0n) is 15.5. The largest absolute Gasteiger partial charge is 0.416 e. The summed E-state index contributed by atoms with van der Waals surface area (Å²) in [7, 11) is 0. The van der Waals surface area contributed by atoms with Crippen molar-refractivity contribution in [2.24, 2.45) is 5.92 Å². The van der Waals surface area contributed by atoms with Gasteiger partial charge in [-0.25, -0.2) is 0 Å². The van der Waals surface area contributed by atoms with Gasteiger partial charge in [0, 0.05) is 44.1 Å². The highest BCUT2D eigenvalue weighted by Crippen LogP contribution is 2.31. The highest BCUT2D eigenvalue weighted by atomic mass is 19.4. The molecule has 2 heterocycles. The molecule has 0 bridgehead atoms. The lowest BCUT2D eigenvalue weighted by Gasteiger charge is -2.42. The predicted molar refractivity (Wildman–Crippen MR) is 95.3 cm³/mol. The minimum atomic E-state index is -4.44. The molecule has 0 radical (unpaired) electrons. The lowest BCUT2D eigenvalue weighted by atomic mass is 9.88. The molecule has 0 spiro atoms. The first-order valence-corrected chi connectivity index (χ1v) is 9.46. The smallest absolute Gasteiger partial charge is 0.343 e. The number of alkyl halides is 3. The van der Waals surface area contributed by atoms with Crippen molar-refractivity contribution in [3.63, 3.8) is 0 Å². The van der Waals surface area contributed by atoms with Gasteiger partial charge in [-0.1, -0.05) is 12.1 Å². The highest BCUT2D eigenvalue weighted by molar-refractivity contribution is 5.98. The molecule has 2 saturated heterocycles. The van der Waals surface area contributed by atoms with Crippen molar-refractivity contribution in [3.05, 3.63) is 35.4 Å². The van der Waals surface area contributed by atoms with E-state index < -0.39 is 11.7 Å². The Bertz CT molecular complexity index is 697.